The molecule has 9 nitrogen and oxygen atoms in total. The van der Waals surface area contributed by atoms with E-state index in [0.717, 1.165) is 0 Å². The lowest BCUT2D eigenvalue weighted by Gasteiger charge is -2.21. The van der Waals surface area contributed by atoms with Crippen LogP contribution in [0.5, 0.6) is 0 Å². The second-order valence-corrected chi connectivity index (χ2v) is 7.62. The Morgan fingerprint density at radius 3 is 2.64 bits per heavy atom. The van der Waals surface area contributed by atoms with E-state index in [9.17, 15) is 14.9 Å². The number of aromatic nitrogens is 3. The molecule has 0 spiro atoms. The molecule has 1 aliphatic heterocycles. The van der Waals surface area contributed by atoms with Crippen molar-refractivity contribution in [1.82, 2.24) is 14.9 Å². The number of non-ortho nitro benzene ring substituents is 1. The second-order valence-electron chi connectivity index (χ2n) is 6.20. The van der Waals surface area contributed by atoms with Gasteiger partial charge in [-0.05, 0) is 26.0 Å². The Labute approximate surface area is 168 Å². The molecule has 1 amide bonds. The van der Waals surface area contributed by atoms with Gasteiger partial charge in [-0.1, -0.05) is 16.8 Å². The highest BCUT2D eigenvalue weighted by molar-refractivity contribution is 8.00. The summed E-state index contributed by atoms with van der Waals surface area (Å²) in [5, 5.41) is 19.2. The van der Waals surface area contributed by atoms with Gasteiger partial charge < -0.3 is 4.52 Å². The number of halogens is 1. The Morgan fingerprint density at radius 2 is 2.04 bits per heavy atom. The summed E-state index contributed by atoms with van der Waals surface area (Å²) < 4.78 is 6.62. The number of nitro groups is 1. The summed E-state index contributed by atoms with van der Waals surface area (Å²) in [5.74, 6) is 1.22. The van der Waals surface area contributed by atoms with Gasteiger partial charge in [0.25, 0.3) is 5.69 Å². The molecule has 1 saturated heterocycles. The van der Waals surface area contributed by atoms with E-state index in [4.69, 9.17) is 16.1 Å². The molecule has 3 aromatic rings. The van der Waals surface area contributed by atoms with Crippen molar-refractivity contribution in [3.8, 4) is 5.69 Å². The third kappa shape index (κ3) is 3.04. The van der Waals surface area contributed by atoms with E-state index in [1.807, 2.05) is 0 Å². The molecule has 0 aliphatic carbocycles. The van der Waals surface area contributed by atoms with Crippen LogP contribution in [0.1, 0.15) is 22.4 Å². The summed E-state index contributed by atoms with van der Waals surface area (Å²) in [6.07, 6.45) is 0. The van der Waals surface area contributed by atoms with Gasteiger partial charge >= 0.3 is 0 Å². The number of hydrogen-bond acceptors (Lipinski definition) is 7. The highest BCUT2D eigenvalue weighted by atomic mass is 35.5. The van der Waals surface area contributed by atoms with E-state index in [2.05, 4.69) is 10.3 Å². The maximum absolute atomic E-state index is 12.5. The molecular weight excluding hydrogens is 406 g/mol. The zero-order chi connectivity index (χ0) is 20.0. The molecule has 11 heteroatoms. The lowest BCUT2D eigenvalue weighted by molar-refractivity contribution is -0.384. The summed E-state index contributed by atoms with van der Waals surface area (Å²) >= 11 is 8.05. The van der Waals surface area contributed by atoms with Gasteiger partial charge in [-0.25, -0.2) is 4.68 Å². The molecule has 4 rings (SSSR count). The van der Waals surface area contributed by atoms with Crippen molar-refractivity contribution in [2.75, 3.05) is 10.7 Å². The van der Waals surface area contributed by atoms with Gasteiger partial charge in [0.15, 0.2) is 5.82 Å². The van der Waals surface area contributed by atoms with Gasteiger partial charge in [0.1, 0.15) is 16.3 Å². The second kappa shape index (κ2) is 6.95. The minimum absolute atomic E-state index is 0.0199. The Balaban J connectivity index is 1.74. The van der Waals surface area contributed by atoms with Crippen molar-refractivity contribution < 1.29 is 14.2 Å². The minimum Gasteiger partial charge on any atom is -0.360 e. The van der Waals surface area contributed by atoms with Crippen molar-refractivity contribution in [1.29, 1.82) is 0 Å². The fraction of sp³-hybridized carbons (Fsp3) is 0.235. The summed E-state index contributed by atoms with van der Waals surface area (Å²) in [5.41, 5.74) is 1.91. The predicted octanol–water partition coefficient (Wildman–Crippen LogP) is 3.82. The number of nitro benzene ring substituents is 1. The quantitative estimate of drug-likeness (QED) is 0.467. The third-order valence-electron chi connectivity index (χ3n) is 4.33. The van der Waals surface area contributed by atoms with Crippen LogP contribution >= 0.6 is 23.4 Å². The SMILES string of the molecule is Cc1cc(N2C(=O)CSC2c2c(C)nn(-c3ccc([N+](=O)[O-])cc3)c2Cl)no1. The van der Waals surface area contributed by atoms with Crippen LogP contribution in [0.15, 0.2) is 34.9 Å². The smallest absolute Gasteiger partial charge is 0.269 e. The number of carbonyl (C=O) groups excluding carboxylic acids is 1. The molecule has 0 N–H and O–H groups in total. The first-order valence-corrected chi connectivity index (χ1v) is 9.66. The fourth-order valence-corrected chi connectivity index (χ4v) is 4.73. The summed E-state index contributed by atoms with van der Waals surface area (Å²) in [7, 11) is 0. The molecule has 1 aromatic carbocycles. The number of nitrogens with zero attached hydrogens (tertiary/aromatic N) is 5. The number of thioether (sulfide) groups is 1. The van der Waals surface area contributed by atoms with Crippen molar-refractivity contribution in [3.63, 3.8) is 0 Å². The van der Waals surface area contributed by atoms with Crippen molar-refractivity contribution in [2.24, 2.45) is 0 Å². The standard InChI is InChI=1S/C17H14ClN5O4S/c1-9-7-13(20-27-9)21-14(24)8-28-17(21)15-10(2)19-22(16(15)18)11-3-5-12(6-4-11)23(25)26/h3-7,17H,8H2,1-2H3. The normalized spacial score (nSPS) is 16.8. The van der Waals surface area contributed by atoms with Crippen LogP contribution in [0, 0.1) is 24.0 Å². The summed E-state index contributed by atoms with van der Waals surface area (Å²) in [4.78, 5) is 24.4. The van der Waals surface area contributed by atoms with Crippen LogP contribution < -0.4 is 4.90 Å². The van der Waals surface area contributed by atoms with Gasteiger partial charge in [-0.2, -0.15) is 5.10 Å². The molecule has 2 aromatic heterocycles. The molecule has 144 valence electrons. The Bertz CT molecular complexity index is 1080. The van der Waals surface area contributed by atoms with Gasteiger partial charge in [-0.3, -0.25) is 19.8 Å². The highest BCUT2D eigenvalue weighted by Crippen LogP contribution is 2.45. The molecule has 1 fully saturated rings. The molecule has 0 bridgehead atoms. The first kappa shape index (κ1) is 18.5. The Hall–Kier alpha value is -2.85. The number of anilines is 1. The lowest BCUT2D eigenvalue weighted by Crippen LogP contribution is -2.28. The first-order valence-electron chi connectivity index (χ1n) is 8.23. The van der Waals surface area contributed by atoms with Gasteiger partial charge in [0, 0.05) is 23.8 Å². The van der Waals surface area contributed by atoms with Crippen molar-refractivity contribution in [3.05, 3.63) is 62.6 Å². The van der Waals surface area contributed by atoms with Crippen LogP contribution in [0.3, 0.4) is 0 Å². The van der Waals surface area contributed by atoms with Gasteiger partial charge in [0.2, 0.25) is 5.91 Å². The number of rotatable bonds is 4. The maximum Gasteiger partial charge on any atom is 0.269 e. The van der Waals surface area contributed by atoms with E-state index < -0.39 is 10.3 Å². The average molecular weight is 420 g/mol. The van der Waals surface area contributed by atoms with Gasteiger partial charge in [-0.15, -0.1) is 11.8 Å². The van der Waals surface area contributed by atoms with Crippen molar-refractivity contribution in [2.45, 2.75) is 19.2 Å². The number of aryl methyl sites for hydroxylation is 2. The zero-order valence-electron chi connectivity index (χ0n) is 14.8. The molecule has 1 aliphatic rings. The molecule has 1 atom stereocenters. The Kier molecular flexibility index (Phi) is 4.60. The van der Waals surface area contributed by atoms with E-state index in [1.54, 1.807) is 36.9 Å². The fourth-order valence-electron chi connectivity index (χ4n) is 3.03. The Morgan fingerprint density at radius 1 is 1.32 bits per heavy atom. The van der Waals surface area contributed by atoms with Crippen molar-refractivity contribution >= 4 is 40.8 Å². The van der Waals surface area contributed by atoms with E-state index >= 15 is 0 Å². The molecule has 28 heavy (non-hydrogen) atoms. The number of amides is 1. The topological polar surface area (TPSA) is 107 Å². The molecular formula is C17H14ClN5O4S. The van der Waals surface area contributed by atoms with Crippen LogP contribution in [0.25, 0.3) is 5.69 Å². The van der Waals surface area contributed by atoms with E-state index in [-0.39, 0.29) is 17.3 Å². The molecule has 0 saturated carbocycles. The number of carbonyl (C=O) groups is 1. The average Bonchev–Trinajstić information content (AvgIpc) is 3.32. The lowest BCUT2D eigenvalue weighted by atomic mass is 10.2. The number of hydrogen-bond donors (Lipinski definition) is 0. The maximum atomic E-state index is 12.5. The third-order valence-corrected chi connectivity index (χ3v) is 5.87. The predicted molar refractivity (Wildman–Crippen MR) is 104 cm³/mol. The number of benzene rings is 1. The van der Waals surface area contributed by atoms with E-state index in [1.165, 1.54) is 28.6 Å². The summed E-state index contributed by atoms with van der Waals surface area (Å²) in [6.45, 7) is 3.56. The van der Waals surface area contributed by atoms with Crippen LogP contribution in [0.4, 0.5) is 11.5 Å². The van der Waals surface area contributed by atoms with Gasteiger partial charge in [0.05, 0.1) is 22.1 Å². The monoisotopic (exact) mass is 419 g/mol. The molecule has 1 unspecified atom stereocenters. The van der Waals surface area contributed by atoms with Crippen LogP contribution in [-0.4, -0.2) is 31.5 Å². The van der Waals surface area contributed by atoms with Crippen LogP contribution in [-0.2, 0) is 4.79 Å². The largest absolute Gasteiger partial charge is 0.360 e. The molecule has 0 radical (unpaired) electrons. The molecule has 3 heterocycles. The zero-order valence-corrected chi connectivity index (χ0v) is 16.4. The van der Waals surface area contributed by atoms with Crippen LogP contribution in [0.2, 0.25) is 5.15 Å². The highest BCUT2D eigenvalue weighted by Gasteiger charge is 2.39. The van der Waals surface area contributed by atoms with E-state index in [0.29, 0.717) is 33.7 Å². The minimum atomic E-state index is -0.469. The first-order chi connectivity index (χ1) is 13.4. The summed E-state index contributed by atoms with van der Waals surface area (Å²) in [6, 6.07) is 7.62.